The van der Waals surface area contributed by atoms with Crippen LogP contribution in [-0.4, -0.2) is 32.2 Å². The molecular formula is C22H24N2O5. The Kier molecular flexibility index (Phi) is 6.39. The number of carbonyl (C=O) groups excluding carboxylic acids is 1. The number of benzene rings is 2. The minimum Gasteiger partial charge on any atom is -0.497 e. The summed E-state index contributed by atoms with van der Waals surface area (Å²) >= 11 is 0. The van der Waals surface area contributed by atoms with Crippen LogP contribution in [0.2, 0.25) is 0 Å². The second-order valence-corrected chi connectivity index (χ2v) is 6.54. The minimum absolute atomic E-state index is 0.131. The number of amides is 1. The zero-order chi connectivity index (χ0) is 20.8. The summed E-state index contributed by atoms with van der Waals surface area (Å²) in [7, 11) is 4.72. The Labute approximate surface area is 168 Å². The molecule has 2 N–H and O–H groups in total. The van der Waals surface area contributed by atoms with Crippen molar-refractivity contribution in [3.8, 4) is 17.2 Å². The number of H-pyrrole nitrogens is 1. The number of hydrogen-bond acceptors (Lipinski definition) is 5. The molecular weight excluding hydrogens is 372 g/mol. The van der Waals surface area contributed by atoms with Crippen molar-refractivity contribution in [2.45, 2.75) is 19.4 Å². The van der Waals surface area contributed by atoms with Crippen LogP contribution in [0.5, 0.6) is 17.2 Å². The van der Waals surface area contributed by atoms with E-state index in [0.717, 1.165) is 10.9 Å². The summed E-state index contributed by atoms with van der Waals surface area (Å²) in [5.41, 5.74) is 1.98. The number of carbonyl (C=O) groups is 1. The number of pyridine rings is 1. The first kappa shape index (κ1) is 20.3. The molecule has 0 aliphatic heterocycles. The molecule has 152 valence electrons. The van der Waals surface area contributed by atoms with Crippen LogP contribution < -0.4 is 25.1 Å². The predicted molar refractivity (Wildman–Crippen MR) is 111 cm³/mol. The number of nitrogens with one attached hydrogen (secondary N) is 2. The van der Waals surface area contributed by atoms with Gasteiger partial charge in [-0.05, 0) is 47.7 Å². The number of fused-ring (bicyclic) bond motifs is 1. The van der Waals surface area contributed by atoms with Crippen molar-refractivity contribution >= 4 is 16.8 Å². The third kappa shape index (κ3) is 4.87. The van der Waals surface area contributed by atoms with Gasteiger partial charge in [-0.1, -0.05) is 6.07 Å². The molecule has 0 spiro atoms. The Morgan fingerprint density at radius 2 is 1.76 bits per heavy atom. The number of aromatic amines is 1. The summed E-state index contributed by atoms with van der Waals surface area (Å²) in [6.07, 6.45) is 0.576. The Morgan fingerprint density at radius 1 is 0.966 bits per heavy atom. The van der Waals surface area contributed by atoms with Gasteiger partial charge in [-0.3, -0.25) is 9.59 Å². The van der Waals surface area contributed by atoms with E-state index in [4.69, 9.17) is 14.2 Å². The van der Waals surface area contributed by atoms with Crippen molar-refractivity contribution in [3.05, 3.63) is 63.9 Å². The highest BCUT2D eigenvalue weighted by Gasteiger charge is 2.09. The third-order valence-corrected chi connectivity index (χ3v) is 4.69. The van der Waals surface area contributed by atoms with Crippen LogP contribution >= 0.6 is 0 Å². The zero-order valence-electron chi connectivity index (χ0n) is 16.7. The summed E-state index contributed by atoms with van der Waals surface area (Å²) in [5, 5.41) is 3.76. The monoisotopic (exact) mass is 396 g/mol. The molecule has 0 fully saturated rings. The average molecular weight is 396 g/mol. The number of rotatable bonds is 8. The molecule has 2 aromatic carbocycles. The Balaban J connectivity index is 1.60. The van der Waals surface area contributed by atoms with E-state index in [1.807, 2.05) is 30.3 Å². The first-order valence-electron chi connectivity index (χ1n) is 9.21. The lowest BCUT2D eigenvalue weighted by Gasteiger charge is -2.10. The van der Waals surface area contributed by atoms with Gasteiger partial charge in [0, 0.05) is 24.6 Å². The van der Waals surface area contributed by atoms with Crippen LogP contribution in [0.1, 0.15) is 17.5 Å². The molecule has 0 radical (unpaired) electrons. The number of ether oxygens (including phenoxy) is 3. The third-order valence-electron chi connectivity index (χ3n) is 4.69. The summed E-state index contributed by atoms with van der Waals surface area (Å²) in [5.74, 6) is 1.79. The molecule has 0 unspecified atom stereocenters. The fourth-order valence-corrected chi connectivity index (χ4v) is 3.07. The normalized spacial score (nSPS) is 10.6. The van der Waals surface area contributed by atoms with E-state index in [9.17, 15) is 9.59 Å². The van der Waals surface area contributed by atoms with E-state index < -0.39 is 0 Å². The highest BCUT2D eigenvalue weighted by Crippen LogP contribution is 2.27. The maximum Gasteiger partial charge on any atom is 0.251 e. The Hall–Kier alpha value is -3.48. The van der Waals surface area contributed by atoms with Gasteiger partial charge >= 0.3 is 0 Å². The Morgan fingerprint density at radius 3 is 2.48 bits per heavy atom. The van der Waals surface area contributed by atoms with Crippen LogP contribution in [0.3, 0.4) is 0 Å². The average Bonchev–Trinajstić information content (AvgIpc) is 2.75. The number of methoxy groups -OCH3 is 3. The molecule has 29 heavy (non-hydrogen) atoms. The van der Waals surface area contributed by atoms with Gasteiger partial charge < -0.3 is 24.5 Å². The predicted octanol–water partition coefficient (Wildman–Crippen LogP) is 2.80. The summed E-state index contributed by atoms with van der Waals surface area (Å²) in [6, 6.07) is 12.8. The van der Waals surface area contributed by atoms with Gasteiger partial charge in [0.1, 0.15) is 5.75 Å². The van der Waals surface area contributed by atoms with Crippen LogP contribution in [0.25, 0.3) is 10.9 Å². The van der Waals surface area contributed by atoms with Gasteiger partial charge in [0.25, 0.3) is 5.56 Å². The standard InChI is InChI=1S/C22H24N2O5/c1-27-17-7-5-15-11-16(22(26)24-18(15)12-17)6-9-21(25)23-13-14-4-8-19(28-2)20(10-14)29-3/h4-5,7-8,10-12H,6,9,13H2,1-3H3,(H,23,25)(H,24,26). The highest BCUT2D eigenvalue weighted by molar-refractivity contribution is 5.81. The molecule has 3 rings (SSSR count). The first-order chi connectivity index (χ1) is 14.0. The highest BCUT2D eigenvalue weighted by atomic mass is 16.5. The van der Waals surface area contributed by atoms with E-state index in [0.29, 0.717) is 41.3 Å². The largest absolute Gasteiger partial charge is 0.497 e. The maximum atomic E-state index is 12.3. The Bertz CT molecular complexity index is 1070. The van der Waals surface area contributed by atoms with Gasteiger partial charge in [0.05, 0.1) is 26.8 Å². The van der Waals surface area contributed by atoms with Gasteiger partial charge in [-0.2, -0.15) is 0 Å². The number of hydrogen-bond donors (Lipinski definition) is 2. The lowest BCUT2D eigenvalue weighted by atomic mass is 10.1. The molecule has 0 bridgehead atoms. The second-order valence-electron chi connectivity index (χ2n) is 6.54. The van der Waals surface area contributed by atoms with Crippen LogP contribution in [0.15, 0.2) is 47.3 Å². The summed E-state index contributed by atoms with van der Waals surface area (Å²) < 4.78 is 15.6. The second kappa shape index (κ2) is 9.14. The fourth-order valence-electron chi connectivity index (χ4n) is 3.07. The lowest BCUT2D eigenvalue weighted by Crippen LogP contribution is -2.24. The van der Waals surface area contributed by atoms with Crippen molar-refractivity contribution in [2.24, 2.45) is 0 Å². The van der Waals surface area contributed by atoms with Crippen molar-refractivity contribution in [1.82, 2.24) is 10.3 Å². The quantitative estimate of drug-likeness (QED) is 0.611. The van der Waals surface area contributed by atoms with Crippen LogP contribution in [-0.2, 0) is 17.8 Å². The molecule has 1 amide bonds. The molecule has 1 aromatic heterocycles. The molecule has 7 heteroatoms. The molecule has 0 saturated carbocycles. The van der Waals surface area contributed by atoms with E-state index in [1.54, 1.807) is 33.5 Å². The fraction of sp³-hybridized carbons (Fsp3) is 0.273. The first-order valence-corrected chi connectivity index (χ1v) is 9.21. The minimum atomic E-state index is -0.196. The molecule has 0 atom stereocenters. The van der Waals surface area contributed by atoms with E-state index in [1.165, 1.54) is 0 Å². The summed E-state index contributed by atoms with van der Waals surface area (Å²) in [4.78, 5) is 27.4. The van der Waals surface area contributed by atoms with Gasteiger partial charge in [0.15, 0.2) is 11.5 Å². The zero-order valence-corrected chi connectivity index (χ0v) is 16.7. The maximum absolute atomic E-state index is 12.3. The van der Waals surface area contributed by atoms with Gasteiger partial charge in [-0.15, -0.1) is 0 Å². The van der Waals surface area contributed by atoms with E-state index in [2.05, 4.69) is 10.3 Å². The smallest absolute Gasteiger partial charge is 0.251 e. The van der Waals surface area contributed by atoms with E-state index in [-0.39, 0.29) is 17.9 Å². The van der Waals surface area contributed by atoms with Crippen molar-refractivity contribution in [3.63, 3.8) is 0 Å². The SMILES string of the molecule is COc1ccc2cc(CCC(=O)NCc3ccc(OC)c(OC)c3)c(=O)[nH]c2c1. The molecule has 3 aromatic rings. The van der Waals surface area contributed by atoms with E-state index >= 15 is 0 Å². The van der Waals surface area contributed by atoms with Crippen molar-refractivity contribution in [1.29, 1.82) is 0 Å². The molecule has 0 saturated heterocycles. The molecule has 0 aliphatic carbocycles. The van der Waals surface area contributed by atoms with Crippen molar-refractivity contribution < 1.29 is 19.0 Å². The van der Waals surface area contributed by atoms with Gasteiger partial charge in [0.2, 0.25) is 5.91 Å². The van der Waals surface area contributed by atoms with Crippen molar-refractivity contribution in [2.75, 3.05) is 21.3 Å². The number of aromatic nitrogens is 1. The topological polar surface area (TPSA) is 89.7 Å². The molecule has 1 heterocycles. The van der Waals surface area contributed by atoms with Gasteiger partial charge in [-0.25, -0.2) is 0 Å². The molecule has 7 nitrogen and oxygen atoms in total. The van der Waals surface area contributed by atoms with Crippen LogP contribution in [0.4, 0.5) is 0 Å². The number of aryl methyl sites for hydroxylation is 1. The van der Waals surface area contributed by atoms with Crippen LogP contribution in [0, 0.1) is 0 Å². The molecule has 0 aliphatic rings. The lowest BCUT2D eigenvalue weighted by molar-refractivity contribution is -0.121. The summed E-state index contributed by atoms with van der Waals surface area (Å²) in [6.45, 7) is 0.368.